The summed E-state index contributed by atoms with van der Waals surface area (Å²) in [6.45, 7) is 6.77. The molecule has 2 N–H and O–H groups in total. The molecule has 1 heterocycles. The zero-order valence-electron chi connectivity index (χ0n) is 25.5. The number of nitrogens with two attached hydrogens (primary N) is 1. The fourth-order valence-corrected chi connectivity index (χ4v) is 5.10. The van der Waals surface area contributed by atoms with E-state index in [1.807, 2.05) is 48.5 Å². The predicted molar refractivity (Wildman–Crippen MR) is 174 cm³/mol. The zero-order chi connectivity index (χ0) is 32.1. The largest absolute Gasteiger partial charge is 0.493 e. The summed E-state index contributed by atoms with van der Waals surface area (Å²) < 4.78 is 23.0. The number of methoxy groups -OCH3 is 1. The minimum absolute atomic E-state index is 0.0286. The third-order valence-electron chi connectivity index (χ3n) is 7.43. The average molecular weight is 621 g/mol. The molecule has 1 aliphatic rings. The molecule has 5 rings (SSSR count). The lowest BCUT2D eigenvalue weighted by Crippen LogP contribution is -2.21. The molecule has 0 saturated heterocycles. The Hall–Kier alpha value is -5.19. The minimum atomic E-state index is -0.543. The first-order valence-corrected chi connectivity index (χ1v) is 14.7. The first kappa shape index (κ1) is 31.2. The number of esters is 1. The highest BCUT2D eigenvalue weighted by molar-refractivity contribution is 6.30. The zero-order valence-corrected chi connectivity index (χ0v) is 26.2. The van der Waals surface area contributed by atoms with Crippen LogP contribution in [0.3, 0.4) is 0 Å². The number of nitriles is 1. The van der Waals surface area contributed by atoms with E-state index in [-0.39, 0.29) is 22.6 Å². The highest BCUT2D eigenvalue weighted by Crippen LogP contribution is 2.45. The van der Waals surface area contributed by atoms with Crippen molar-refractivity contribution < 1.29 is 23.7 Å². The lowest BCUT2D eigenvalue weighted by Gasteiger charge is -2.27. The van der Waals surface area contributed by atoms with Gasteiger partial charge >= 0.3 is 5.97 Å². The van der Waals surface area contributed by atoms with E-state index in [0.29, 0.717) is 34.4 Å². The van der Waals surface area contributed by atoms with Crippen LogP contribution < -0.4 is 24.7 Å². The van der Waals surface area contributed by atoms with E-state index in [4.69, 9.17) is 36.3 Å². The van der Waals surface area contributed by atoms with Gasteiger partial charge in [-0.2, -0.15) is 5.26 Å². The summed E-state index contributed by atoms with van der Waals surface area (Å²) in [6.07, 6.45) is 3.08. The maximum atomic E-state index is 12.6. The normalized spacial score (nSPS) is 14.4. The summed E-state index contributed by atoms with van der Waals surface area (Å²) in [6, 6.07) is 28.1. The van der Waals surface area contributed by atoms with Crippen molar-refractivity contribution >= 4 is 23.6 Å². The second-order valence-electron chi connectivity index (χ2n) is 11.6. The summed E-state index contributed by atoms with van der Waals surface area (Å²) in [5, 5.41) is 10.7. The van der Waals surface area contributed by atoms with Gasteiger partial charge in [-0.1, -0.05) is 80.9 Å². The third-order valence-corrected chi connectivity index (χ3v) is 7.68. The highest BCUT2D eigenvalue weighted by atomic mass is 35.5. The van der Waals surface area contributed by atoms with E-state index in [1.165, 1.54) is 11.6 Å². The van der Waals surface area contributed by atoms with E-state index in [1.54, 1.807) is 49.6 Å². The molecular weight excluding hydrogens is 588 g/mol. The van der Waals surface area contributed by atoms with Gasteiger partial charge in [0.2, 0.25) is 5.88 Å². The van der Waals surface area contributed by atoms with Gasteiger partial charge in [-0.15, -0.1) is 0 Å². The summed E-state index contributed by atoms with van der Waals surface area (Å²) >= 11 is 5.99. The molecule has 7 nitrogen and oxygen atoms in total. The number of hydrogen-bond acceptors (Lipinski definition) is 7. The summed E-state index contributed by atoms with van der Waals surface area (Å²) in [5.74, 6) is 0.586. The Bertz CT molecular complexity index is 1810. The Kier molecular flexibility index (Phi) is 9.17. The van der Waals surface area contributed by atoms with E-state index in [0.717, 1.165) is 16.7 Å². The SMILES string of the molecule is COc1cc(C2C(C#N)=C(N)Oc3cc(OC(=O)/C=C/c4ccc(C(C)(C)C)cc4)ccc32)ccc1OCc1ccc(Cl)cc1. The summed E-state index contributed by atoms with van der Waals surface area (Å²) in [7, 11) is 1.55. The van der Waals surface area contributed by atoms with Crippen molar-refractivity contribution in [3.63, 3.8) is 0 Å². The van der Waals surface area contributed by atoms with Crippen LogP contribution in [-0.4, -0.2) is 13.1 Å². The number of hydrogen-bond donors (Lipinski definition) is 1. The van der Waals surface area contributed by atoms with Gasteiger partial charge in [-0.3, -0.25) is 0 Å². The Morgan fingerprint density at radius 1 is 1.00 bits per heavy atom. The smallest absolute Gasteiger partial charge is 0.336 e. The van der Waals surface area contributed by atoms with Gasteiger partial charge in [0.15, 0.2) is 11.5 Å². The van der Waals surface area contributed by atoms with Crippen LogP contribution in [0, 0.1) is 11.3 Å². The topological polar surface area (TPSA) is 104 Å². The number of allylic oxidation sites excluding steroid dienone is 1. The number of fused-ring (bicyclic) bond motifs is 1. The van der Waals surface area contributed by atoms with Gasteiger partial charge in [0.05, 0.1) is 13.0 Å². The second-order valence-corrected chi connectivity index (χ2v) is 12.0. The molecule has 0 radical (unpaired) electrons. The van der Waals surface area contributed by atoms with Crippen LogP contribution in [0.2, 0.25) is 5.02 Å². The molecule has 1 aliphatic heterocycles. The van der Waals surface area contributed by atoms with Crippen molar-refractivity contribution in [2.45, 2.75) is 38.7 Å². The van der Waals surface area contributed by atoms with Crippen molar-refractivity contribution in [1.82, 2.24) is 0 Å². The fraction of sp³-hybridized carbons (Fsp3) is 0.189. The molecule has 0 aliphatic carbocycles. The molecule has 0 spiro atoms. The van der Waals surface area contributed by atoms with Gasteiger partial charge in [0.1, 0.15) is 29.7 Å². The van der Waals surface area contributed by atoms with Crippen molar-refractivity contribution in [2.75, 3.05) is 7.11 Å². The van der Waals surface area contributed by atoms with Crippen LogP contribution in [0.5, 0.6) is 23.0 Å². The Morgan fingerprint density at radius 3 is 2.40 bits per heavy atom. The maximum absolute atomic E-state index is 12.6. The van der Waals surface area contributed by atoms with E-state index in [9.17, 15) is 10.1 Å². The molecule has 0 saturated carbocycles. The van der Waals surface area contributed by atoms with Crippen molar-refractivity contribution in [1.29, 1.82) is 5.26 Å². The quantitative estimate of drug-likeness (QED) is 0.121. The van der Waals surface area contributed by atoms with E-state index < -0.39 is 11.9 Å². The molecule has 228 valence electrons. The molecule has 0 aromatic heterocycles. The van der Waals surface area contributed by atoms with Gasteiger partial charge < -0.3 is 24.7 Å². The highest BCUT2D eigenvalue weighted by Gasteiger charge is 2.31. The van der Waals surface area contributed by atoms with E-state index >= 15 is 0 Å². The molecule has 0 bridgehead atoms. The second kappa shape index (κ2) is 13.2. The van der Waals surface area contributed by atoms with Crippen LogP contribution in [0.15, 0.2) is 102 Å². The monoisotopic (exact) mass is 620 g/mol. The van der Waals surface area contributed by atoms with Crippen LogP contribution in [0.4, 0.5) is 0 Å². The summed E-state index contributed by atoms with van der Waals surface area (Å²) in [4.78, 5) is 12.6. The Morgan fingerprint density at radius 2 is 1.73 bits per heavy atom. The standard InChI is InChI=1S/C37H33ClN2O5/c1-37(2,3)26-11-5-23(6-12-26)9-18-34(41)44-28-15-16-29-32(20-28)45-36(40)30(21-39)35(29)25-10-17-31(33(19-25)42-4)43-22-24-7-13-27(38)14-8-24/h5-20,35H,22,40H2,1-4H3/b18-9+. The van der Waals surface area contributed by atoms with Crippen molar-refractivity contribution in [3.05, 3.63) is 135 Å². The number of carbonyl (C=O) groups excluding carboxylic acids is 1. The van der Waals surface area contributed by atoms with Gasteiger partial charge in [0, 0.05) is 22.7 Å². The number of halogens is 1. The molecule has 0 amide bonds. The number of benzene rings is 4. The number of carbonyl (C=O) groups is 1. The van der Waals surface area contributed by atoms with Crippen LogP contribution >= 0.6 is 11.6 Å². The van der Waals surface area contributed by atoms with Crippen molar-refractivity contribution in [3.8, 4) is 29.1 Å². The maximum Gasteiger partial charge on any atom is 0.336 e. The predicted octanol–water partition coefficient (Wildman–Crippen LogP) is 8.06. The van der Waals surface area contributed by atoms with E-state index in [2.05, 4.69) is 26.8 Å². The Labute approximate surface area is 268 Å². The molecular formula is C37H33ClN2O5. The van der Waals surface area contributed by atoms with Gasteiger partial charge in [-0.25, -0.2) is 4.79 Å². The average Bonchev–Trinajstić information content (AvgIpc) is 3.02. The van der Waals surface area contributed by atoms with Crippen LogP contribution in [0.1, 0.15) is 54.5 Å². The number of rotatable bonds is 8. The Balaban J connectivity index is 1.35. The molecule has 4 aromatic rings. The fourth-order valence-electron chi connectivity index (χ4n) is 4.98. The molecule has 8 heteroatoms. The molecule has 0 fully saturated rings. The third kappa shape index (κ3) is 7.31. The first-order chi connectivity index (χ1) is 21.5. The lowest BCUT2D eigenvalue weighted by atomic mass is 9.83. The number of nitrogens with zero attached hydrogens (tertiary/aromatic N) is 1. The molecule has 4 aromatic carbocycles. The molecule has 45 heavy (non-hydrogen) atoms. The van der Waals surface area contributed by atoms with Crippen LogP contribution in [-0.2, 0) is 16.8 Å². The summed E-state index contributed by atoms with van der Waals surface area (Å²) in [5.41, 5.74) is 11.0. The number of ether oxygens (including phenoxy) is 4. The minimum Gasteiger partial charge on any atom is -0.493 e. The van der Waals surface area contributed by atoms with Crippen LogP contribution in [0.25, 0.3) is 6.08 Å². The lowest BCUT2D eigenvalue weighted by molar-refractivity contribution is -0.128. The van der Waals surface area contributed by atoms with Gasteiger partial charge in [-0.05, 0) is 64.1 Å². The van der Waals surface area contributed by atoms with Crippen molar-refractivity contribution in [2.24, 2.45) is 5.73 Å². The first-order valence-electron chi connectivity index (χ1n) is 14.3. The van der Waals surface area contributed by atoms with Gasteiger partial charge in [0.25, 0.3) is 0 Å². The molecule has 1 atom stereocenters. The molecule has 1 unspecified atom stereocenters.